The largest absolute Gasteiger partial charge is 0.491 e. The molecule has 0 aliphatic carbocycles. The number of benzene rings is 1. The molecule has 0 bridgehead atoms. The van der Waals surface area contributed by atoms with Gasteiger partial charge in [0, 0.05) is 56.6 Å². The first-order valence-corrected chi connectivity index (χ1v) is 16.6. The molecule has 224 valence electrons. The maximum Gasteiger partial charge on any atom is 0.244 e. The number of aryl methyl sites for hydroxylation is 1. The quantitative estimate of drug-likeness (QED) is 0.303. The maximum atomic E-state index is 13.4. The maximum absolute atomic E-state index is 13.4. The molecular formula is C26H34ClN5O7S2. The van der Waals surface area contributed by atoms with Gasteiger partial charge in [0.15, 0.2) is 0 Å². The van der Waals surface area contributed by atoms with Crippen molar-refractivity contribution in [3.05, 3.63) is 47.7 Å². The summed E-state index contributed by atoms with van der Waals surface area (Å²) in [5.41, 5.74) is 0.199. The molecule has 5 rings (SSSR count). The van der Waals surface area contributed by atoms with Crippen molar-refractivity contribution in [2.24, 2.45) is 7.05 Å². The fourth-order valence-corrected chi connectivity index (χ4v) is 7.81. The fraction of sp³-hybridized carbons (Fsp3) is 0.500. The van der Waals surface area contributed by atoms with Crippen LogP contribution in [0.25, 0.3) is 11.0 Å². The third-order valence-electron chi connectivity index (χ3n) is 7.69. The van der Waals surface area contributed by atoms with E-state index < -0.39 is 31.8 Å². The van der Waals surface area contributed by atoms with E-state index in [0.29, 0.717) is 60.8 Å². The monoisotopic (exact) mass is 627 g/mol. The number of aliphatic hydroxyl groups excluding tert-OH is 1. The Bertz CT molecular complexity index is 1620. The summed E-state index contributed by atoms with van der Waals surface area (Å²) in [5.74, 6) is 0.341. The minimum absolute atomic E-state index is 0.00346. The highest BCUT2D eigenvalue weighted by atomic mass is 35.5. The third kappa shape index (κ3) is 6.39. The number of rotatable bonds is 10. The van der Waals surface area contributed by atoms with Crippen LogP contribution in [0.3, 0.4) is 0 Å². The molecule has 1 aromatic carbocycles. The van der Waals surface area contributed by atoms with Crippen molar-refractivity contribution < 1.29 is 31.4 Å². The normalized spacial score (nSPS) is 20.5. The number of hydrogen-bond acceptors (Lipinski definition) is 9. The number of nitrogens with zero attached hydrogens (tertiary/aromatic N) is 3. The molecule has 1 spiro atoms. The van der Waals surface area contributed by atoms with Crippen molar-refractivity contribution in [3.63, 3.8) is 0 Å². The molecule has 2 unspecified atom stereocenters. The van der Waals surface area contributed by atoms with Crippen molar-refractivity contribution in [3.8, 4) is 5.75 Å². The lowest BCUT2D eigenvalue weighted by Crippen LogP contribution is -2.47. The molecule has 41 heavy (non-hydrogen) atoms. The predicted octanol–water partition coefficient (Wildman–Crippen LogP) is 1.48. The molecule has 15 heteroatoms. The van der Waals surface area contributed by atoms with E-state index in [1.54, 1.807) is 36.0 Å². The SMILES string of the molecule is CNS(=O)(=O)c1cccc(OCC(O)CNC2COC3(CCN(S(=O)(=O)c4cnc5c(c4)c(Cl)cn5C)CC3)C2)c1. The van der Waals surface area contributed by atoms with Crippen LogP contribution in [0.2, 0.25) is 5.02 Å². The van der Waals surface area contributed by atoms with Gasteiger partial charge in [-0.1, -0.05) is 17.7 Å². The number of sulfonamides is 2. The molecule has 2 saturated heterocycles. The molecule has 0 radical (unpaired) electrons. The molecule has 2 aliphatic rings. The zero-order chi connectivity index (χ0) is 29.4. The van der Waals surface area contributed by atoms with E-state index in [-0.39, 0.29) is 29.0 Å². The second kappa shape index (κ2) is 11.8. The Hall–Kier alpha value is -2.30. The Morgan fingerprint density at radius 2 is 1.98 bits per heavy atom. The Balaban J connectivity index is 1.10. The van der Waals surface area contributed by atoms with Crippen LogP contribution in [0.5, 0.6) is 5.75 Å². The first-order chi connectivity index (χ1) is 19.4. The number of fused-ring (bicyclic) bond motifs is 1. The van der Waals surface area contributed by atoms with Gasteiger partial charge in [-0.15, -0.1) is 0 Å². The van der Waals surface area contributed by atoms with Crippen LogP contribution in [0.1, 0.15) is 19.3 Å². The molecular weight excluding hydrogens is 594 g/mol. The zero-order valence-electron chi connectivity index (χ0n) is 22.8. The molecule has 3 aromatic rings. The Kier molecular flexibility index (Phi) is 8.66. The number of nitrogens with one attached hydrogen (secondary N) is 2. The summed E-state index contributed by atoms with van der Waals surface area (Å²) >= 11 is 6.26. The van der Waals surface area contributed by atoms with Gasteiger partial charge in [-0.3, -0.25) is 0 Å². The molecule has 0 amide bonds. The number of halogens is 1. The van der Waals surface area contributed by atoms with Crippen LogP contribution < -0.4 is 14.8 Å². The van der Waals surface area contributed by atoms with Crippen LogP contribution in [0, 0.1) is 0 Å². The summed E-state index contributed by atoms with van der Waals surface area (Å²) in [5, 5.41) is 14.8. The first-order valence-electron chi connectivity index (χ1n) is 13.2. The van der Waals surface area contributed by atoms with E-state index in [0.717, 1.165) is 0 Å². The van der Waals surface area contributed by atoms with Crippen LogP contribution in [-0.2, 0) is 31.8 Å². The van der Waals surface area contributed by atoms with Gasteiger partial charge in [0.05, 0.1) is 22.1 Å². The van der Waals surface area contributed by atoms with E-state index in [9.17, 15) is 21.9 Å². The van der Waals surface area contributed by atoms with Gasteiger partial charge in [0.1, 0.15) is 29.0 Å². The van der Waals surface area contributed by atoms with E-state index in [1.165, 1.54) is 29.7 Å². The topological polar surface area (TPSA) is 152 Å². The number of piperidine rings is 1. The summed E-state index contributed by atoms with van der Waals surface area (Å²) < 4.78 is 67.9. The van der Waals surface area contributed by atoms with Gasteiger partial charge in [-0.25, -0.2) is 26.5 Å². The lowest BCUT2D eigenvalue weighted by Gasteiger charge is -2.38. The Morgan fingerprint density at radius 1 is 1.22 bits per heavy atom. The first kappa shape index (κ1) is 30.2. The minimum atomic E-state index is -3.74. The molecule has 3 N–H and O–H groups in total. The number of pyridine rings is 1. The van der Waals surface area contributed by atoms with Gasteiger partial charge < -0.3 is 24.5 Å². The summed E-state index contributed by atoms with van der Waals surface area (Å²) in [6, 6.07) is 7.64. The van der Waals surface area contributed by atoms with E-state index >= 15 is 0 Å². The van der Waals surface area contributed by atoms with E-state index in [4.69, 9.17) is 21.1 Å². The predicted molar refractivity (Wildman–Crippen MR) is 153 cm³/mol. The lowest BCUT2D eigenvalue weighted by atomic mass is 9.88. The van der Waals surface area contributed by atoms with E-state index in [2.05, 4.69) is 15.0 Å². The molecule has 0 saturated carbocycles. The summed E-state index contributed by atoms with van der Waals surface area (Å²) in [6.45, 7) is 1.35. The average Bonchev–Trinajstić information content (AvgIpc) is 3.49. The van der Waals surface area contributed by atoms with Gasteiger partial charge in [0.2, 0.25) is 20.0 Å². The second-order valence-electron chi connectivity index (χ2n) is 10.5. The number of hydrogen-bond donors (Lipinski definition) is 3. The summed E-state index contributed by atoms with van der Waals surface area (Å²) in [6.07, 6.45) is 4.07. The minimum Gasteiger partial charge on any atom is -0.491 e. The highest BCUT2D eigenvalue weighted by Gasteiger charge is 2.44. The Morgan fingerprint density at radius 3 is 2.71 bits per heavy atom. The molecule has 2 atom stereocenters. The van der Waals surface area contributed by atoms with E-state index in [1.807, 2.05) is 0 Å². The molecule has 2 fully saturated rings. The van der Waals surface area contributed by atoms with Crippen molar-refractivity contribution in [2.75, 3.05) is 39.9 Å². The molecule has 2 aromatic heterocycles. The van der Waals surface area contributed by atoms with Crippen LogP contribution >= 0.6 is 11.6 Å². The number of aliphatic hydroxyl groups is 1. The van der Waals surface area contributed by atoms with Gasteiger partial charge in [-0.05, 0) is 44.5 Å². The smallest absolute Gasteiger partial charge is 0.244 e. The summed E-state index contributed by atoms with van der Waals surface area (Å²) in [7, 11) is -4.19. The highest BCUT2D eigenvalue weighted by Crippen LogP contribution is 2.38. The standard InChI is InChI=1S/C26H34ClN5O7S2/c1-28-40(34,35)21-5-3-4-20(10-21)38-17-19(33)13-29-18-12-26(39-16-18)6-8-32(9-7-26)41(36,37)22-11-23-24(27)15-31(2)25(23)30-14-22/h3-5,10-11,14-15,18-19,28-29,33H,6-9,12-13,16-17H2,1-2H3. The van der Waals surface area contributed by atoms with Gasteiger partial charge in [0.25, 0.3) is 0 Å². The molecule has 2 aliphatic heterocycles. The van der Waals surface area contributed by atoms with Gasteiger partial charge >= 0.3 is 0 Å². The highest BCUT2D eigenvalue weighted by molar-refractivity contribution is 7.89. The van der Waals surface area contributed by atoms with Crippen molar-refractivity contribution in [1.29, 1.82) is 0 Å². The van der Waals surface area contributed by atoms with Crippen molar-refractivity contribution in [1.82, 2.24) is 23.9 Å². The van der Waals surface area contributed by atoms with Crippen LogP contribution in [0.15, 0.2) is 52.5 Å². The lowest BCUT2D eigenvalue weighted by molar-refractivity contribution is -0.0312. The second-order valence-corrected chi connectivity index (χ2v) is 14.7. The van der Waals surface area contributed by atoms with Crippen molar-refractivity contribution >= 4 is 42.7 Å². The third-order valence-corrected chi connectivity index (χ3v) is 11.3. The van der Waals surface area contributed by atoms with Crippen molar-refractivity contribution in [2.45, 2.75) is 46.8 Å². The van der Waals surface area contributed by atoms with Crippen LogP contribution in [-0.4, -0.2) is 93.4 Å². The Labute approximate surface area is 244 Å². The van der Waals surface area contributed by atoms with Gasteiger partial charge in [-0.2, -0.15) is 4.31 Å². The fourth-order valence-electron chi connectivity index (χ4n) is 5.35. The van der Waals surface area contributed by atoms with Crippen LogP contribution in [0.4, 0.5) is 0 Å². The zero-order valence-corrected chi connectivity index (χ0v) is 25.2. The number of ether oxygens (including phenoxy) is 2. The molecule has 4 heterocycles. The molecule has 12 nitrogen and oxygen atoms in total. The number of aromatic nitrogens is 2. The average molecular weight is 628 g/mol. The summed E-state index contributed by atoms with van der Waals surface area (Å²) in [4.78, 5) is 4.51.